The first-order valence-electron chi connectivity index (χ1n) is 6.65. The molecule has 1 unspecified atom stereocenters. The van der Waals surface area contributed by atoms with E-state index in [4.69, 9.17) is 4.74 Å². The molecule has 0 spiro atoms. The summed E-state index contributed by atoms with van der Waals surface area (Å²) in [5.41, 5.74) is 0. The molecular formula is C13H30N2O. The van der Waals surface area contributed by atoms with Crippen molar-refractivity contribution in [1.82, 2.24) is 10.2 Å². The fourth-order valence-corrected chi connectivity index (χ4v) is 1.45. The Kier molecular flexibility index (Phi) is 9.99. The van der Waals surface area contributed by atoms with Crippen LogP contribution in [0.25, 0.3) is 0 Å². The standard InChI is InChI=1S/C13H30N2O/c1-6-15(10-11-16-7-2)9-8-14-13(5)12(3)4/h12-14H,6-11H2,1-5H3. The molecule has 98 valence electrons. The number of likely N-dealkylation sites (N-methyl/N-ethyl adjacent to an activating group) is 1. The zero-order valence-electron chi connectivity index (χ0n) is 11.8. The van der Waals surface area contributed by atoms with Gasteiger partial charge in [-0.1, -0.05) is 20.8 Å². The van der Waals surface area contributed by atoms with Gasteiger partial charge >= 0.3 is 0 Å². The zero-order chi connectivity index (χ0) is 12.4. The zero-order valence-corrected chi connectivity index (χ0v) is 11.8. The number of nitrogens with zero attached hydrogens (tertiary/aromatic N) is 1. The summed E-state index contributed by atoms with van der Waals surface area (Å²) in [5, 5.41) is 3.55. The van der Waals surface area contributed by atoms with Crippen LogP contribution in [0.2, 0.25) is 0 Å². The molecule has 0 aliphatic carbocycles. The fourth-order valence-electron chi connectivity index (χ4n) is 1.45. The Morgan fingerprint density at radius 1 is 1.12 bits per heavy atom. The summed E-state index contributed by atoms with van der Waals surface area (Å²) in [6, 6.07) is 0.602. The molecule has 0 saturated heterocycles. The first-order chi connectivity index (χ1) is 7.61. The van der Waals surface area contributed by atoms with Crippen molar-refractivity contribution in [3.05, 3.63) is 0 Å². The molecule has 0 amide bonds. The Balaban J connectivity index is 3.54. The molecule has 3 nitrogen and oxygen atoms in total. The van der Waals surface area contributed by atoms with E-state index in [-0.39, 0.29) is 0 Å². The molecule has 0 rings (SSSR count). The number of rotatable bonds is 10. The van der Waals surface area contributed by atoms with Crippen LogP contribution in [0.4, 0.5) is 0 Å². The Hall–Kier alpha value is -0.120. The van der Waals surface area contributed by atoms with Crippen LogP contribution in [0, 0.1) is 5.92 Å². The summed E-state index contributed by atoms with van der Waals surface area (Å²) >= 11 is 0. The van der Waals surface area contributed by atoms with Crippen molar-refractivity contribution in [3.8, 4) is 0 Å². The Bertz CT molecular complexity index is 151. The predicted molar refractivity (Wildman–Crippen MR) is 70.9 cm³/mol. The number of ether oxygens (including phenoxy) is 1. The van der Waals surface area contributed by atoms with Crippen molar-refractivity contribution in [2.24, 2.45) is 5.92 Å². The summed E-state index contributed by atoms with van der Waals surface area (Å²) in [6.45, 7) is 17.0. The maximum Gasteiger partial charge on any atom is 0.0593 e. The quantitative estimate of drug-likeness (QED) is 0.581. The third kappa shape index (κ3) is 8.08. The largest absolute Gasteiger partial charge is 0.380 e. The van der Waals surface area contributed by atoms with Gasteiger partial charge in [-0.2, -0.15) is 0 Å². The lowest BCUT2D eigenvalue weighted by Gasteiger charge is -2.23. The van der Waals surface area contributed by atoms with Crippen LogP contribution in [0.15, 0.2) is 0 Å². The van der Waals surface area contributed by atoms with Crippen LogP contribution in [0.1, 0.15) is 34.6 Å². The van der Waals surface area contributed by atoms with Gasteiger partial charge in [-0.15, -0.1) is 0 Å². The van der Waals surface area contributed by atoms with Crippen molar-refractivity contribution < 1.29 is 4.74 Å². The molecule has 0 saturated carbocycles. The van der Waals surface area contributed by atoms with Crippen LogP contribution >= 0.6 is 0 Å². The van der Waals surface area contributed by atoms with E-state index in [2.05, 4.69) is 37.9 Å². The van der Waals surface area contributed by atoms with Gasteiger partial charge in [-0.05, 0) is 26.3 Å². The van der Waals surface area contributed by atoms with Crippen molar-refractivity contribution in [2.75, 3.05) is 39.4 Å². The highest BCUT2D eigenvalue weighted by molar-refractivity contribution is 4.66. The van der Waals surface area contributed by atoms with Crippen LogP contribution < -0.4 is 5.32 Å². The second kappa shape index (κ2) is 10.1. The molecule has 0 radical (unpaired) electrons. The summed E-state index contributed by atoms with van der Waals surface area (Å²) in [5.74, 6) is 0.707. The summed E-state index contributed by atoms with van der Waals surface area (Å²) in [7, 11) is 0. The highest BCUT2D eigenvalue weighted by Crippen LogP contribution is 1.99. The molecule has 0 aromatic carbocycles. The van der Waals surface area contributed by atoms with E-state index in [0.717, 1.165) is 39.4 Å². The van der Waals surface area contributed by atoms with E-state index in [1.165, 1.54) is 0 Å². The molecule has 0 aliphatic rings. The molecule has 0 aromatic heterocycles. The minimum Gasteiger partial charge on any atom is -0.380 e. The lowest BCUT2D eigenvalue weighted by Crippen LogP contribution is -2.39. The average molecular weight is 230 g/mol. The van der Waals surface area contributed by atoms with Gasteiger partial charge < -0.3 is 15.0 Å². The number of hydrogen-bond donors (Lipinski definition) is 1. The van der Waals surface area contributed by atoms with E-state index in [0.29, 0.717) is 12.0 Å². The van der Waals surface area contributed by atoms with Gasteiger partial charge in [0.2, 0.25) is 0 Å². The summed E-state index contributed by atoms with van der Waals surface area (Å²) < 4.78 is 5.37. The first kappa shape index (κ1) is 15.9. The molecule has 1 atom stereocenters. The highest BCUT2D eigenvalue weighted by Gasteiger charge is 2.06. The molecule has 1 N–H and O–H groups in total. The molecule has 0 aromatic rings. The van der Waals surface area contributed by atoms with Crippen LogP contribution in [0.3, 0.4) is 0 Å². The SMILES string of the molecule is CCOCCN(CC)CCNC(C)C(C)C. The van der Waals surface area contributed by atoms with Crippen molar-refractivity contribution in [3.63, 3.8) is 0 Å². The monoisotopic (exact) mass is 230 g/mol. The third-order valence-corrected chi connectivity index (χ3v) is 3.10. The fraction of sp³-hybridized carbons (Fsp3) is 1.00. The minimum atomic E-state index is 0.602. The topological polar surface area (TPSA) is 24.5 Å². The molecule has 0 aliphatic heterocycles. The molecule has 3 heteroatoms. The number of nitrogens with one attached hydrogen (secondary N) is 1. The predicted octanol–water partition coefficient (Wildman–Crippen LogP) is 1.98. The van der Waals surface area contributed by atoms with E-state index >= 15 is 0 Å². The molecule has 0 bridgehead atoms. The van der Waals surface area contributed by atoms with Gasteiger partial charge in [0, 0.05) is 32.3 Å². The molecule has 16 heavy (non-hydrogen) atoms. The van der Waals surface area contributed by atoms with E-state index in [1.54, 1.807) is 0 Å². The van der Waals surface area contributed by atoms with Gasteiger partial charge in [-0.3, -0.25) is 0 Å². The van der Waals surface area contributed by atoms with E-state index in [1.807, 2.05) is 6.92 Å². The van der Waals surface area contributed by atoms with Gasteiger partial charge in [0.25, 0.3) is 0 Å². The summed E-state index contributed by atoms with van der Waals surface area (Å²) in [4.78, 5) is 2.43. The minimum absolute atomic E-state index is 0.602. The van der Waals surface area contributed by atoms with Gasteiger partial charge in [0.1, 0.15) is 0 Å². The van der Waals surface area contributed by atoms with Crippen molar-refractivity contribution in [1.29, 1.82) is 0 Å². The second-order valence-electron chi connectivity index (χ2n) is 4.62. The maximum absolute atomic E-state index is 5.37. The van der Waals surface area contributed by atoms with Crippen molar-refractivity contribution in [2.45, 2.75) is 40.7 Å². The van der Waals surface area contributed by atoms with Crippen molar-refractivity contribution >= 4 is 0 Å². The lowest BCUT2D eigenvalue weighted by molar-refractivity contribution is 0.115. The normalized spacial score (nSPS) is 13.7. The van der Waals surface area contributed by atoms with E-state index < -0.39 is 0 Å². The smallest absolute Gasteiger partial charge is 0.0593 e. The second-order valence-corrected chi connectivity index (χ2v) is 4.62. The molecular weight excluding hydrogens is 200 g/mol. The first-order valence-corrected chi connectivity index (χ1v) is 6.65. The Morgan fingerprint density at radius 3 is 2.31 bits per heavy atom. The molecule has 0 heterocycles. The Labute approximate surface area is 102 Å². The van der Waals surface area contributed by atoms with Gasteiger partial charge in [0.15, 0.2) is 0 Å². The molecule has 0 fully saturated rings. The van der Waals surface area contributed by atoms with Gasteiger partial charge in [0.05, 0.1) is 6.61 Å². The van der Waals surface area contributed by atoms with Crippen LogP contribution in [-0.4, -0.2) is 50.3 Å². The average Bonchev–Trinajstić information content (AvgIpc) is 2.26. The third-order valence-electron chi connectivity index (χ3n) is 3.10. The Morgan fingerprint density at radius 2 is 1.81 bits per heavy atom. The summed E-state index contributed by atoms with van der Waals surface area (Å²) in [6.07, 6.45) is 0. The van der Waals surface area contributed by atoms with Gasteiger partial charge in [-0.25, -0.2) is 0 Å². The van der Waals surface area contributed by atoms with Crippen LogP contribution in [-0.2, 0) is 4.74 Å². The van der Waals surface area contributed by atoms with Crippen LogP contribution in [0.5, 0.6) is 0 Å². The lowest BCUT2D eigenvalue weighted by atomic mass is 10.1. The highest BCUT2D eigenvalue weighted by atomic mass is 16.5. The number of hydrogen-bond acceptors (Lipinski definition) is 3. The van der Waals surface area contributed by atoms with E-state index in [9.17, 15) is 0 Å². The maximum atomic E-state index is 5.37.